The highest BCUT2D eigenvalue weighted by Gasteiger charge is 2.31. The van der Waals surface area contributed by atoms with Gasteiger partial charge in [0.05, 0.1) is 10.9 Å². The Morgan fingerprint density at radius 2 is 1.77 bits per heavy atom. The smallest absolute Gasteiger partial charge is 0.406 e. The molecule has 0 amide bonds. The third kappa shape index (κ3) is 6.45. The van der Waals surface area contributed by atoms with Crippen molar-refractivity contribution in [3.05, 3.63) is 60.2 Å². The number of benzene rings is 1. The number of sulfonamides is 1. The van der Waals surface area contributed by atoms with Crippen LogP contribution in [0.1, 0.15) is 32.4 Å². The van der Waals surface area contributed by atoms with E-state index < -0.39 is 21.6 Å². The van der Waals surface area contributed by atoms with Gasteiger partial charge in [0.2, 0.25) is 10.0 Å². The Morgan fingerprint density at radius 1 is 1.06 bits per heavy atom. The summed E-state index contributed by atoms with van der Waals surface area (Å²) in [5, 5.41) is 2.48. The van der Waals surface area contributed by atoms with Crippen molar-refractivity contribution < 1.29 is 26.3 Å². The van der Waals surface area contributed by atoms with Gasteiger partial charge in [-0.25, -0.2) is 18.4 Å². The molecule has 0 radical (unpaired) electrons. The summed E-state index contributed by atoms with van der Waals surface area (Å²) in [6.45, 7) is 3.22. The van der Waals surface area contributed by atoms with Crippen molar-refractivity contribution in [1.82, 2.24) is 14.7 Å². The van der Waals surface area contributed by atoms with Crippen molar-refractivity contribution in [1.29, 1.82) is 0 Å². The lowest BCUT2D eigenvalue weighted by atomic mass is 10.00. The van der Waals surface area contributed by atoms with Crippen LogP contribution in [0.4, 0.5) is 24.7 Å². The molecule has 0 saturated heterocycles. The monoisotopic (exact) mass is 454 g/mol. The zero-order valence-corrected chi connectivity index (χ0v) is 17.6. The lowest BCUT2D eigenvalue weighted by molar-refractivity contribution is -0.274. The minimum Gasteiger partial charge on any atom is -0.406 e. The van der Waals surface area contributed by atoms with Crippen molar-refractivity contribution in [2.75, 3.05) is 5.32 Å². The number of hydrogen-bond donors (Lipinski definition) is 2. The van der Waals surface area contributed by atoms with Crippen LogP contribution in [-0.2, 0) is 10.0 Å². The largest absolute Gasteiger partial charge is 0.573 e. The van der Waals surface area contributed by atoms with Crippen LogP contribution in [0.25, 0.3) is 5.57 Å². The van der Waals surface area contributed by atoms with E-state index in [1.54, 1.807) is 32.1 Å². The van der Waals surface area contributed by atoms with E-state index in [4.69, 9.17) is 0 Å². The van der Waals surface area contributed by atoms with Crippen LogP contribution < -0.4 is 14.8 Å². The fourth-order valence-electron chi connectivity index (χ4n) is 2.73. The number of rotatable bonds is 7. The molecule has 3 rings (SSSR count). The number of anilines is 2. The quantitative estimate of drug-likeness (QED) is 0.640. The summed E-state index contributed by atoms with van der Waals surface area (Å²) >= 11 is 0. The Labute approximate surface area is 178 Å². The molecule has 1 aliphatic rings. The lowest BCUT2D eigenvalue weighted by Crippen LogP contribution is -2.30. The average Bonchev–Trinajstić information content (AvgIpc) is 2.69. The summed E-state index contributed by atoms with van der Waals surface area (Å²) in [7, 11) is -3.39. The zero-order chi connectivity index (χ0) is 22.6. The minimum absolute atomic E-state index is 0.315. The zero-order valence-electron chi connectivity index (χ0n) is 16.8. The molecule has 0 saturated carbocycles. The van der Waals surface area contributed by atoms with E-state index in [1.807, 2.05) is 0 Å². The van der Waals surface area contributed by atoms with Gasteiger partial charge in [-0.05, 0) is 62.6 Å². The van der Waals surface area contributed by atoms with E-state index >= 15 is 0 Å². The molecular weight excluding hydrogens is 433 g/mol. The van der Waals surface area contributed by atoms with Crippen LogP contribution in [0.5, 0.6) is 5.75 Å². The van der Waals surface area contributed by atoms with Gasteiger partial charge in [0.1, 0.15) is 17.9 Å². The highest BCUT2D eigenvalue weighted by atomic mass is 32.2. The molecule has 0 aliphatic heterocycles. The Balaban J connectivity index is 1.69. The van der Waals surface area contributed by atoms with Crippen molar-refractivity contribution in [2.45, 2.75) is 38.3 Å². The summed E-state index contributed by atoms with van der Waals surface area (Å²) in [6.07, 6.45) is 1.26. The molecule has 1 aromatic heterocycles. The first-order valence-electron chi connectivity index (χ1n) is 9.38. The number of nitrogens with one attached hydrogen (secondary N) is 2. The van der Waals surface area contributed by atoms with E-state index in [9.17, 15) is 21.6 Å². The molecule has 0 unspecified atom stereocenters. The molecule has 1 aliphatic carbocycles. The predicted molar refractivity (Wildman–Crippen MR) is 111 cm³/mol. The van der Waals surface area contributed by atoms with Crippen LogP contribution in [0, 0.1) is 0 Å². The maximum atomic E-state index is 12.3. The number of hydrogen-bond acceptors (Lipinski definition) is 6. The van der Waals surface area contributed by atoms with E-state index in [0.717, 1.165) is 5.57 Å². The molecule has 0 atom stereocenters. The van der Waals surface area contributed by atoms with Crippen LogP contribution in [0.3, 0.4) is 0 Å². The Hall–Kier alpha value is -3.08. The minimum atomic E-state index is -4.74. The second-order valence-electron chi connectivity index (χ2n) is 7.07. The second kappa shape index (κ2) is 8.96. The molecule has 2 N–H and O–H groups in total. The van der Waals surface area contributed by atoms with Crippen molar-refractivity contribution in [3.8, 4) is 5.75 Å². The molecule has 1 aromatic carbocycles. The first-order chi connectivity index (χ1) is 14.5. The second-order valence-corrected chi connectivity index (χ2v) is 9.30. The Kier molecular flexibility index (Phi) is 6.54. The third-order valence-corrected chi connectivity index (χ3v) is 6.19. The van der Waals surface area contributed by atoms with Gasteiger partial charge >= 0.3 is 6.36 Å². The summed E-state index contributed by atoms with van der Waals surface area (Å²) in [5.74, 6) is 0.148. The molecule has 11 heteroatoms. The number of allylic oxidation sites excluding steroid dienone is 4. The fraction of sp³-hybridized carbons (Fsp3) is 0.300. The van der Waals surface area contributed by atoms with Gasteiger partial charge in [0, 0.05) is 17.5 Å². The molecule has 0 fully saturated rings. The number of alkyl halides is 3. The Bertz CT molecular complexity index is 1100. The van der Waals surface area contributed by atoms with E-state index in [2.05, 4.69) is 24.7 Å². The summed E-state index contributed by atoms with van der Waals surface area (Å²) in [4.78, 5) is 8.38. The lowest BCUT2D eigenvalue weighted by Gasteiger charge is -2.18. The van der Waals surface area contributed by atoms with E-state index in [0.29, 0.717) is 35.7 Å². The average molecular weight is 454 g/mol. The summed E-state index contributed by atoms with van der Waals surface area (Å²) in [5.41, 5.74) is 2.72. The van der Waals surface area contributed by atoms with Gasteiger partial charge in [-0.2, -0.15) is 0 Å². The standard InChI is InChI=1S/C20H21F3N4O3S/c1-13(2)31(28,29)27-16-5-3-14(4-6-16)18-11-19(25-12-24-18)26-15-7-9-17(10-8-15)30-20(21,22)23/h3,5,7-13,27H,4,6H2,1-2H3,(H,24,25,26). The summed E-state index contributed by atoms with van der Waals surface area (Å²) in [6, 6.07) is 7.00. The van der Waals surface area contributed by atoms with Crippen molar-refractivity contribution in [2.24, 2.45) is 0 Å². The molecule has 7 nitrogen and oxygen atoms in total. The fourth-order valence-corrected chi connectivity index (χ4v) is 3.50. The SMILES string of the molecule is CC(C)S(=O)(=O)NC1=CC=C(c2cc(Nc3ccc(OC(F)(F)F)cc3)ncn2)CC1. The van der Waals surface area contributed by atoms with Gasteiger partial charge in [0.25, 0.3) is 0 Å². The maximum Gasteiger partial charge on any atom is 0.573 e. The number of nitrogens with zero attached hydrogens (tertiary/aromatic N) is 2. The summed E-state index contributed by atoms with van der Waals surface area (Å²) < 4.78 is 67.2. The van der Waals surface area contributed by atoms with Crippen LogP contribution >= 0.6 is 0 Å². The topological polar surface area (TPSA) is 93.2 Å². The van der Waals surface area contributed by atoms with E-state index in [-0.39, 0.29) is 5.75 Å². The van der Waals surface area contributed by atoms with Crippen LogP contribution in [0.2, 0.25) is 0 Å². The molecule has 2 aromatic rings. The first kappa shape index (κ1) is 22.6. The Morgan fingerprint density at radius 3 is 2.35 bits per heavy atom. The number of aromatic nitrogens is 2. The normalized spacial score (nSPS) is 14.6. The maximum absolute atomic E-state index is 12.3. The highest BCUT2D eigenvalue weighted by Crippen LogP contribution is 2.28. The van der Waals surface area contributed by atoms with Gasteiger partial charge in [-0.3, -0.25) is 4.72 Å². The molecule has 166 valence electrons. The molecule has 0 bridgehead atoms. The van der Waals surface area contributed by atoms with Gasteiger partial charge in [0.15, 0.2) is 0 Å². The molecule has 31 heavy (non-hydrogen) atoms. The molecule has 1 heterocycles. The third-order valence-electron chi connectivity index (χ3n) is 4.40. The van der Waals surface area contributed by atoms with Gasteiger partial charge in [-0.1, -0.05) is 6.08 Å². The van der Waals surface area contributed by atoms with Crippen LogP contribution in [0.15, 0.2) is 54.5 Å². The molecule has 0 spiro atoms. The number of ether oxygens (including phenoxy) is 1. The van der Waals surface area contributed by atoms with Crippen molar-refractivity contribution >= 4 is 27.1 Å². The predicted octanol–water partition coefficient (Wildman–Crippen LogP) is 4.51. The molecular formula is C20H21F3N4O3S. The number of halogens is 3. The first-order valence-corrected chi connectivity index (χ1v) is 10.9. The van der Waals surface area contributed by atoms with E-state index in [1.165, 1.54) is 30.6 Å². The van der Waals surface area contributed by atoms with Crippen LogP contribution in [-0.4, -0.2) is 30.0 Å². The van der Waals surface area contributed by atoms with Gasteiger partial charge in [-0.15, -0.1) is 13.2 Å². The highest BCUT2D eigenvalue weighted by molar-refractivity contribution is 7.90. The van der Waals surface area contributed by atoms with Crippen molar-refractivity contribution in [3.63, 3.8) is 0 Å². The van der Waals surface area contributed by atoms with Gasteiger partial charge < -0.3 is 10.1 Å².